The summed E-state index contributed by atoms with van der Waals surface area (Å²) in [6.45, 7) is 2.14. The maximum atomic E-state index is 13.5. The first-order chi connectivity index (χ1) is 20.1. The Hall–Kier alpha value is -3.62. The van der Waals surface area contributed by atoms with E-state index in [2.05, 4.69) is 34.5 Å². The minimum absolute atomic E-state index is 0.0534. The summed E-state index contributed by atoms with van der Waals surface area (Å²) in [5.74, 6) is 1.34. The SMILES string of the molecule is CCOC(=O)c1ccc(OC2CC3CCC(C2)N3C(=O)c2ccc(CSc3nc(-c4ccccc4)cs3)cc2)cc1. The average molecular weight is 585 g/mol. The number of benzene rings is 3. The van der Waals surface area contributed by atoms with Gasteiger partial charge in [0.25, 0.3) is 5.91 Å². The lowest BCUT2D eigenvalue weighted by Crippen LogP contribution is -2.49. The number of thiazole rings is 1. The number of fused-ring (bicyclic) bond motifs is 2. The molecule has 2 fully saturated rings. The fourth-order valence-corrected chi connectivity index (χ4v) is 7.53. The quantitative estimate of drug-likeness (QED) is 0.150. The van der Waals surface area contributed by atoms with E-state index in [4.69, 9.17) is 14.5 Å². The molecule has 2 aliphatic rings. The number of aromatic nitrogens is 1. The van der Waals surface area contributed by atoms with Crippen LogP contribution in [0.1, 0.15) is 58.9 Å². The van der Waals surface area contributed by atoms with E-state index in [0.717, 1.165) is 58.3 Å². The third kappa shape index (κ3) is 6.34. The Kier molecular flexibility index (Phi) is 8.39. The molecule has 6 rings (SSSR count). The second-order valence-electron chi connectivity index (χ2n) is 10.4. The molecule has 4 aromatic rings. The summed E-state index contributed by atoms with van der Waals surface area (Å²) < 4.78 is 12.4. The van der Waals surface area contributed by atoms with Gasteiger partial charge in [-0.1, -0.05) is 54.2 Å². The van der Waals surface area contributed by atoms with Crippen molar-refractivity contribution in [3.8, 4) is 17.0 Å². The Bertz CT molecular complexity index is 1470. The molecular formula is C33H32N2O4S2. The monoisotopic (exact) mass is 584 g/mol. The van der Waals surface area contributed by atoms with Gasteiger partial charge in [-0.3, -0.25) is 4.79 Å². The Labute approximate surface area is 248 Å². The predicted molar refractivity (Wildman–Crippen MR) is 163 cm³/mol. The second-order valence-corrected chi connectivity index (χ2v) is 12.5. The van der Waals surface area contributed by atoms with Crippen molar-refractivity contribution >= 4 is 35.0 Å². The van der Waals surface area contributed by atoms with Crippen LogP contribution in [-0.4, -0.2) is 46.6 Å². The molecule has 1 amide bonds. The molecule has 8 heteroatoms. The van der Waals surface area contributed by atoms with Crippen LogP contribution in [0.5, 0.6) is 5.75 Å². The molecule has 2 unspecified atom stereocenters. The lowest BCUT2D eigenvalue weighted by atomic mass is 9.98. The smallest absolute Gasteiger partial charge is 0.338 e. The van der Waals surface area contributed by atoms with Crippen molar-refractivity contribution in [2.75, 3.05) is 6.61 Å². The first-order valence-corrected chi connectivity index (χ1v) is 15.9. The standard InChI is InChI=1S/C33H32N2O4S2/c1-2-38-32(37)25-12-16-28(17-13-25)39-29-18-26-14-15-27(19-29)35(26)31(36)24-10-8-22(9-11-24)20-40-33-34-30(21-41-33)23-6-4-3-5-7-23/h3-13,16-17,21,26-27,29H,2,14-15,18-20H2,1H3. The van der Waals surface area contributed by atoms with Crippen LogP contribution < -0.4 is 4.74 Å². The molecule has 2 atom stereocenters. The number of esters is 1. The number of amides is 1. The number of ether oxygens (including phenoxy) is 2. The van der Waals surface area contributed by atoms with Crippen molar-refractivity contribution in [2.24, 2.45) is 0 Å². The van der Waals surface area contributed by atoms with Crippen LogP contribution in [-0.2, 0) is 10.5 Å². The molecule has 1 aromatic heterocycles. The van der Waals surface area contributed by atoms with E-state index in [1.165, 1.54) is 5.56 Å². The highest BCUT2D eigenvalue weighted by atomic mass is 32.2. The zero-order chi connectivity index (χ0) is 28.2. The second kappa shape index (κ2) is 12.5. The minimum atomic E-state index is -0.326. The lowest BCUT2D eigenvalue weighted by molar-refractivity contribution is 0.0359. The van der Waals surface area contributed by atoms with Gasteiger partial charge >= 0.3 is 5.97 Å². The molecule has 210 valence electrons. The number of thioether (sulfide) groups is 1. The topological polar surface area (TPSA) is 68.7 Å². The van der Waals surface area contributed by atoms with Crippen molar-refractivity contribution in [3.05, 3.63) is 101 Å². The summed E-state index contributed by atoms with van der Waals surface area (Å²) >= 11 is 3.39. The summed E-state index contributed by atoms with van der Waals surface area (Å²) in [7, 11) is 0. The van der Waals surface area contributed by atoms with Gasteiger partial charge in [0, 0.05) is 47.2 Å². The fraction of sp³-hybridized carbons (Fsp3) is 0.303. The first kappa shape index (κ1) is 27.5. The van der Waals surface area contributed by atoms with Crippen molar-refractivity contribution in [1.82, 2.24) is 9.88 Å². The van der Waals surface area contributed by atoms with Crippen molar-refractivity contribution < 1.29 is 19.1 Å². The van der Waals surface area contributed by atoms with E-state index < -0.39 is 0 Å². The van der Waals surface area contributed by atoms with Gasteiger partial charge in [0.1, 0.15) is 11.9 Å². The highest BCUT2D eigenvalue weighted by Crippen LogP contribution is 2.38. The Morgan fingerprint density at radius 1 is 0.927 bits per heavy atom. The molecule has 0 saturated carbocycles. The summed E-state index contributed by atoms with van der Waals surface area (Å²) in [6.07, 6.45) is 3.69. The number of nitrogens with zero attached hydrogens (tertiary/aromatic N) is 2. The first-order valence-electron chi connectivity index (χ1n) is 14.1. The lowest BCUT2D eigenvalue weighted by Gasteiger charge is -2.39. The molecule has 0 radical (unpaired) electrons. The summed E-state index contributed by atoms with van der Waals surface area (Å²) in [5, 5.41) is 2.10. The van der Waals surface area contributed by atoms with Gasteiger partial charge in [-0.2, -0.15) is 0 Å². The van der Waals surface area contributed by atoms with Crippen LogP contribution in [0.2, 0.25) is 0 Å². The molecule has 2 bridgehead atoms. The van der Waals surface area contributed by atoms with E-state index in [9.17, 15) is 9.59 Å². The van der Waals surface area contributed by atoms with E-state index >= 15 is 0 Å². The zero-order valence-corrected chi connectivity index (χ0v) is 24.5. The molecule has 3 heterocycles. The van der Waals surface area contributed by atoms with Gasteiger partial charge in [0.15, 0.2) is 4.34 Å². The number of hydrogen-bond donors (Lipinski definition) is 0. The van der Waals surface area contributed by atoms with Crippen LogP contribution >= 0.6 is 23.1 Å². The van der Waals surface area contributed by atoms with Crippen LogP contribution in [0.25, 0.3) is 11.3 Å². The predicted octanol–water partition coefficient (Wildman–Crippen LogP) is 7.49. The van der Waals surface area contributed by atoms with E-state index in [-0.39, 0.29) is 30.1 Å². The Morgan fingerprint density at radius 2 is 1.61 bits per heavy atom. The van der Waals surface area contributed by atoms with Crippen molar-refractivity contribution in [2.45, 2.75) is 60.9 Å². The summed E-state index contributed by atoms with van der Waals surface area (Å²) in [4.78, 5) is 32.3. The summed E-state index contributed by atoms with van der Waals surface area (Å²) in [6, 6.07) is 25.8. The van der Waals surface area contributed by atoms with Gasteiger partial charge in [0.05, 0.1) is 17.9 Å². The van der Waals surface area contributed by atoms with Gasteiger partial charge in [0.2, 0.25) is 0 Å². The van der Waals surface area contributed by atoms with Crippen LogP contribution in [0.4, 0.5) is 0 Å². The number of carbonyl (C=O) groups excluding carboxylic acids is 2. The highest BCUT2D eigenvalue weighted by molar-refractivity contribution is 8.00. The van der Waals surface area contributed by atoms with Gasteiger partial charge in [-0.05, 0) is 61.7 Å². The largest absolute Gasteiger partial charge is 0.490 e. The van der Waals surface area contributed by atoms with E-state index in [1.807, 2.05) is 42.5 Å². The molecule has 2 saturated heterocycles. The average Bonchev–Trinajstić information content (AvgIpc) is 3.59. The molecule has 6 nitrogen and oxygen atoms in total. The normalized spacial score (nSPS) is 19.6. The van der Waals surface area contributed by atoms with Crippen LogP contribution in [0.15, 0.2) is 88.6 Å². The number of carbonyl (C=O) groups is 2. The maximum absolute atomic E-state index is 13.5. The molecular weight excluding hydrogens is 553 g/mol. The van der Waals surface area contributed by atoms with Gasteiger partial charge in [-0.25, -0.2) is 9.78 Å². The zero-order valence-electron chi connectivity index (χ0n) is 22.9. The molecule has 3 aromatic carbocycles. The van der Waals surface area contributed by atoms with E-state index in [1.54, 1.807) is 42.2 Å². The number of rotatable bonds is 9. The third-order valence-electron chi connectivity index (χ3n) is 7.71. The highest BCUT2D eigenvalue weighted by Gasteiger charge is 2.44. The molecule has 41 heavy (non-hydrogen) atoms. The summed E-state index contributed by atoms with van der Waals surface area (Å²) in [5.41, 5.74) is 4.57. The Morgan fingerprint density at radius 3 is 2.29 bits per heavy atom. The van der Waals surface area contributed by atoms with Crippen LogP contribution in [0, 0.1) is 0 Å². The van der Waals surface area contributed by atoms with Crippen molar-refractivity contribution in [3.63, 3.8) is 0 Å². The molecule has 0 N–H and O–H groups in total. The Balaban J connectivity index is 1.02. The van der Waals surface area contributed by atoms with Crippen LogP contribution in [0.3, 0.4) is 0 Å². The number of piperidine rings is 1. The third-order valence-corrected chi connectivity index (χ3v) is 9.80. The van der Waals surface area contributed by atoms with Crippen molar-refractivity contribution in [1.29, 1.82) is 0 Å². The van der Waals surface area contributed by atoms with E-state index in [0.29, 0.717) is 12.2 Å². The number of hydrogen-bond acceptors (Lipinski definition) is 7. The minimum Gasteiger partial charge on any atom is -0.490 e. The molecule has 0 aliphatic carbocycles. The maximum Gasteiger partial charge on any atom is 0.338 e. The molecule has 0 spiro atoms. The van der Waals surface area contributed by atoms with Gasteiger partial charge < -0.3 is 14.4 Å². The fourth-order valence-electron chi connectivity index (χ4n) is 5.73. The van der Waals surface area contributed by atoms with Gasteiger partial charge in [-0.15, -0.1) is 11.3 Å². The molecule has 2 aliphatic heterocycles.